The van der Waals surface area contributed by atoms with E-state index in [0.29, 0.717) is 24.7 Å². The molecule has 3 heterocycles. The highest BCUT2D eigenvalue weighted by Gasteiger charge is 2.26. The molecular weight excluding hydrogens is 278 g/mol. The first-order valence-corrected chi connectivity index (χ1v) is 7.15. The van der Waals surface area contributed by atoms with Crippen LogP contribution >= 0.6 is 11.5 Å². The van der Waals surface area contributed by atoms with Gasteiger partial charge in [0.05, 0.1) is 6.20 Å². The predicted molar refractivity (Wildman–Crippen MR) is 71.5 cm³/mol. The minimum absolute atomic E-state index is 0.0586. The van der Waals surface area contributed by atoms with Crippen LogP contribution in [0.1, 0.15) is 23.3 Å². The van der Waals surface area contributed by atoms with Crippen molar-refractivity contribution in [3.05, 3.63) is 29.7 Å². The van der Waals surface area contributed by atoms with Crippen molar-refractivity contribution in [1.29, 1.82) is 0 Å². The average molecular weight is 291 g/mol. The maximum Gasteiger partial charge on any atom is 0.275 e. The van der Waals surface area contributed by atoms with E-state index in [2.05, 4.69) is 19.6 Å². The number of aromatic nitrogens is 4. The first-order chi connectivity index (χ1) is 9.83. The summed E-state index contributed by atoms with van der Waals surface area (Å²) in [7, 11) is 0. The second-order valence-electron chi connectivity index (χ2n) is 4.44. The fourth-order valence-electron chi connectivity index (χ4n) is 2.11. The monoisotopic (exact) mass is 291 g/mol. The fourth-order valence-corrected chi connectivity index (χ4v) is 2.54. The van der Waals surface area contributed by atoms with Crippen molar-refractivity contribution < 1.29 is 9.53 Å². The summed E-state index contributed by atoms with van der Waals surface area (Å²) in [6.45, 7) is 1.31. The number of ether oxygens (including phenoxy) is 1. The zero-order chi connectivity index (χ0) is 13.8. The Morgan fingerprint density at radius 2 is 2.20 bits per heavy atom. The van der Waals surface area contributed by atoms with Crippen molar-refractivity contribution in [2.75, 3.05) is 13.1 Å². The SMILES string of the molecule is O=C(c1csnn1)N1CCC(Oc2cnccn2)CC1. The number of hydrogen-bond donors (Lipinski definition) is 0. The Kier molecular flexibility index (Phi) is 3.82. The van der Waals surface area contributed by atoms with Crippen molar-refractivity contribution in [3.8, 4) is 5.88 Å². The van der Waals surface area contributed by atoms with Gasteiger partial charge in [0.25, 0.3) is 5.91 Å². The quantitative estimate of drug-likeness (QED) is 0.839. The first kappa shape index (κ1) is 12.9. The van der Waals surface area contributed by atoms with E-state index in [9.17, 15) is 4.79 Å². The minimum Gasteiger partial charge on any atom is -0.473 e. The van der Waals surface area contributed by atoms with Gasteiger partial charge in [-0.15, -0.1) is 5.10 Å². The van der Waals surface area contributed by atoms with Crippen LogP contribution in [0.15, 0.2) is 24.0 Å². The zero-order valence-corrected chi connectivity index (χ0v) is 11.5. The molecule has 3 rings (SSSR count). The Bertz CT molecular complexity index is 554. The summed E-state index contributed by atoms with van der Waals surface area (Å²) in [5.41, 5.74) is 0.420. The lowest BCUT2D eigenvalue weighted by molar-refractivity contribution is 0.0582. The number of likely N-dealkylation sites (tertiary alicyclic amines) is 1. The molecule has 20 heavy (non-hydrogen) atoms. The molecule has 1 aliphatic heterocycles. The third-order valence-corrected chi connectivity index (χ3v) is 3.64. The van der Waals surface area contributed by atoms with Gasteiger partial charge in [-0.2, -0.15) is 0 Å². The molecule has 0 bridgehead atoms. The average Bonchev–Trinajstić information content (AvgIpc) is 3.03. The summed E-state index contributed by atoms with van der Waals surface area (Å²) in [6.07, 6.45) is 6.43. The van der Waals surface area contributed by atoms with Crippen molar-refractivity contribution >= 4 is 17.4 Å². The molecule has 7 nitrogen and oxygen atoms in total. The second-order valence-corrected chi connectivity index (χ2v) is 5.05. The van der Waals surface area contributed by atoms with Crippen molar-refractivity contribution in [1.82, 2.24) is 24.5 Å². The van der Waals surface area contributed by atoms with E-state index in [1.807, 2.05) is 0 Å². The Labute approximate surface area is 119 Å². The molecule has 8 heteroatoms. The Morgan fingerprint density at radius 3 is 2.85 bits per heavy atom. The summed E-state index contributed by atoms with van der Waals surface area (Å²) >= 11 is 1.19. The lowest BCUT2D eigenvalue weighted by atomic mass is 10.1. The molecule has 1 fully saturated rings. The highest BCUT2D eigenvalue weighted by atomic mass is 32.1. The van der Waals surface area contributed by atoms with Gasteiger partial charge in [0.2, 0.25) is 5.88 Å². The van der Waals surface area contributed by atoms with Crippen molar-refractivity contribution in [3.63, 3.8) is 0 Å². The third-order valence-electron chi connectivity index (χ3n) is 3.14. The molecule has 0 atom stereocenters. The molecule has 0 radical (unpaired) electrons. The standard InChI is InChI=1S/C12H13N5O2S/c18-12(10-8-20-16-15-10)17-5-1-9(2-6-17)19-11-7-13-3-4-14-11/h3-4,7-9H,1-2,5-6H2. The van der Waals surface area contributed by atoms with Crippen LogP contribution in [-0.2, 0) is 0 Å². The van der Waals surface area contributed by atoms with Gasteiger partial charge >= 0.3 is 0 Å². The zero-order valence-electron chi connectivity index (χ0n) is 10.7. The Hall–Kier alpha value is -2.09. The molecule has 1 aliphatic rings. The van der Waals surface area contributed by atoms with E-state index < -0.39 is 0 Å². The van der Waals surface area contributed by atoms with Crippen LogP contribution in [0.4, 0.5) is 0 Å². The van der Waals surface area contributed by atoms with Crippen LogP contribution in [0, 0.1) is 0 Å². The molecule has 0 N–H and O–H groups in total. The molecule has 104 valence electrons. The van der Waals surface area contributed by atoms with Gasteiger partial charge in [0.1, 0.15) is 6.10 Å². The van der Waals surface area contributed by atoms with Crippen LogP contribution in [0.5, 0.6) is 5.88 Å². The fraction of sp³-hybridized carbons (Fsp3) is 0.417. The summed E-state index contributed by atoms with van der Waals surface area (Å²) in [6, 6.07) is 0. The van der Waals surface area contributed by atoms with Crippen LogP contribution in [0.25, 0.3) is 0 Å². The normalized spacial score (nSPS) is 16.1. The third kappa shape index (κ3) is 2.90. The van der Waals surface area contributed by atoms with E-state index in [1.54, 1.807) is 28.9 Å². The largest absolute Gasteiger partial charge is 0.473 e. The van der Waals surface area contributed by atoms with E-state index in [0.717, 1.165) is 12.8 Å². The Balaban J connectivity index is 1.53. The number of nitrogens with zero attached hydrogens (tertiary/aromatic N) is 5. The molecule has 2 aromatic rings. The molecular formula is C12H13N5O2S. The van der Waals surface area contributed by atoms with E-state index in [4.69, 9.17) is 4.74 Å². The number of rotatable bonds is 3. The van der Waals surface area contributed by atoms with E-state index in [1.165, 1.54) is 11.5 Å². The predicted octanol–water partition coefficient (Wildman–Crippen LogP) is 1.01. The minimum atomic E-state index is -0.0586. The van der Waals surface area contributed by atoms with E-state index in [-0.39, 0.29) is 12.0 Å². The molecule has 0 aromatic carbocycles. The van der Waals surface area contributed by atoms with Gasteiger partial charge in [-0.05, 0) is 11.5 Å². The van der Waals surface area contributed by atoms with Crippen molar-refractivity contribution in [2.24, 2.45) is 0 Å². The second kappa shape index (κ2) is 5.91. The Morgan fingerprint density at radius 1 is 1.35 bits per heavy atom. The van der Waals surface area contributed by atoms with Gasteiger partial charge in [-0.1, -0.05) is 4.49 Å². The lowest BCUT2D eigenvalue weighted by Gasteiger charge is -2.31. The molecule has 1 amide bonds. The number of amides is 1. The van der Waals surface area contributed by atoms with Crippen LogP contribution < -0.4 is 4.74 Å². The van der Waals surface area contributed by atoms with Gasteiger partial charge in [-0.25, -0.2) is 4.98 Å². The highest BCUT2D eigenvalue weighted by molar-refractivity contribution is 7.03. The molecule has 2 aromatic heterocycles. The summed E-state index contributed by atoms with van der Waals surface area (Å²) in [5, 5.41) is 5.48. The topological polar surface area (TPSA) is 81.1 Å². The van der Waals surface area contributed by atoms with E-state index >= 15 is 0 Å². The molecule has 0 spiro atoms. The molecule has 0 saturated carbocycles. The summed E-state index contributed by atoms with van der Waals surface area (Å²) in [5.74, 6) is 0.470. The molecule has 1 saturated heterocycles. The van der Waals surface area contributed by atoms with Crippen molar-refractivity contribution in [2.45, 2.75) is 18.9 Å². The summed E-state index contributed by atoms with van der Waals surface area (Å²) in [4.78, 5) is 21.9. The van der Waals surface area contributed by atoms with Gasteiger partial charge in [-0.3, -0.25) is 9.78 Å². The summed E-state index contributed by atoms with van der Waals surface area (Å²) < 4.78 is 9.45. The maximum absolute atomic E-state index is 12.1. The van der Waals surface area contributed by atoms with Gasteiger partial charge < -0.3 is 9.64 Å². The van der Waals surface area contributed by atoms with Crippen LogP contribution in [0.2, 0.25) is 0 Å². The molecule has 0 aliphatic carbocycles. The van der Waals surface area contributed by atoms with Crippen LogP contribution in [-0.4, -0.2) is 49.6 Å². The number of carbonyl (C=O) groups excluding carboxylic acids is 1. The smallest absolute Gasteiger partial charge is 0.275 e. The highest BCUT2D eigenvalue weighted by Crippen LogP contribution is 2.17. The van der Waals surface area contributed by atoms with Gasteiger partial charge in [0.15, 0.2) is 5.69 Å². The van der Waals surface area contributed by atoms with Gasteiger partial charge in [0, 0.05) is 43.7 Å². The molecule has 0 unspecified atom stereocenters. The number of carbonyl (C=O) groups is 1. The number of hydrogen-bond acceptors (Lipinski definition) is 7. The lowest BCUT2D eigenvalue weighted by Crippen LogP contribution is -2.42. The maximum atomic E-state index is 12.1. The van der Waals surface area contributed by atoms with Crippen LogP contribution in [0.3, 0.4) is 0 Å². The number of piperidine rings is 1. The first-order valence-electron chi connectivity index (χ1n) is 6.32.